The van der Waals surface area contributed by atoms with Crippen molar-refractivity contribution < 1.29 is 29.1 Å². The highest BCUT2D eigenvalue weighted by Crippen LogP contribution is 2.34. The molecule has 0 radical (unpaired) electrons. The van der Waals surface area contributed by atoms with E-state index in [0.29, 0.717) is 23.4 Å². The van der Waals surface area contributed by atoms with Gasteiger partial charge >= 0.3 is 5.97 Å². The molecule has 1 heterocycles. The van der Waals surface area contributed by atoms with Crippen LogP contribution in [0.4, 0.5) is 11.4 Å². The quantitative estimate of drug-likeness (QED) is 0.386. The number of rotatable bonds is 10. The SMILES string of the molecule is CCC(C)C(NC(=O)Cc1ccccc1)C(=O)NCC(=O)N1c2cc(NC(C)=O)ccc2CC1C(=O)O. The molecular weight excluding hydrogens is 476 g/mol. The predicted octanol–water partition coefficient (Wildman–Crippen LogP) is 1.88. The molecular formula is C27H32N4O6. The van der Waals surface area contributed by atoms with E-state index in [-0.39, 0.29) is 30.6 Å². The zero-order valence-corrected chi connectivity index (χ0v) is 21.1. The van der Waals surface area contributed by atoms with Crippen molar-refractivity contribution in [1.29, 1.82) is 0 Å². The fourth-order valence-corrected chi connectivity index (χ4v) is 4.28. The number of carbonyl (C=O) groups excluding carboxylic acids is 4. The Balaban J connectivity index is 1.71. The van der Waals surface area contributed by atoms with E-state index in [1.165, 1.54) is 6.92 Å². The number of anilines is 2. The van der Waals surface area contributed by atoms with Crippen LogP contribution in [0.1, 0.15) is 38.3 Å². The zero-order chi connectivity index (χ0) is 27.1. The molecule has 0 saturated heterocycles. The molecule has 3 unspecified atom stereocenters. The lowest BCUT2D eigenvalue weighted by Gasteiger charge is -2.26. The van der Waals surface area contributed by atoms with Crippen LogP contribution in [0, 0.1) is 5.92 Å². The zero-order valence-electron chi connectivity index (χ0n) is 21.1. The maximum absolute atomic E-state index is 13.2. The molecule has 196 valence electrons. The van der Waals surface area contributed by atoms with E-state index in [4.69, 9.17) is 0 Å². The van der Waals surface area contributed by atoms with Crippen LogP contribution in [0.25, 0.3) is 0 Å². The number of carbonyl (C=O) groups is 5. The van der Waals surface area contributed by atoms with Crippen LogP contribution in [-0.4, -0.2) is 53.3 Å². The molecule has 0 aromatic heterocycles. The summed E-state index contributed by atoms with van der Waals surface area (Å²) in [5, 5.41) is 17.7. The molecule has 10 heteroatoms. The van der Waals surface area contributed by atoms with Gasteiger partial charge in [-0.2, -0.15) is 0 Å². The lowest BCUT2D eigenvalue weighted by Crippen LogP contribution is -2.53. The summed E-state index contributed by atoms with van der Waals surface area (Å²) in [5.74, 6) is -3.14. The van der Waals surface area contributed by atoms with Crippen molar-refractivity contribution in [2.45, 2.75) is 52.1 Å². The van der Waals surface area contributed by atoms with Crippen molar-refractivity contribution in [3.63, 3.8) is 0 Å². The summed E-state index contributed by atoms with van der Waals surface area (Å²) in [5.41, 5.74) is 2.25. The highest BCUT2D eigenvalue weighted by molar-refractivity contribution is 6.05. The number of amides is 4. The van der Waals surface area contributed by atoms with Crippen molar-refractivity contribution >= 4 is 41.0 Å². The van der Waals surface area contributed by atoms with Gasteiger partial charge in [-0.3, -0.25) is 24.1 Å². The van der Waals surface area contributed by atoms with Gasteiger partial charge in [0.05, 0.1) is 18.7 Å². The summed E-state index contributed by atoms with van der Waals surface area (Å²) < 4.78 is 0. The molecule has 0 spiro atoms. The summed E-state index contributed by atoms with van der Waals surface area (Å²) >= 11 is 0. The molecule has 2 aromatic carbocycles. The average Bonchev–Trinajstić information content (AvgIpc) is 3.24. The van der Waals surface area contributed by atoms with Crippen LogP contribution in [0.3, 0.4) is 0 Å². The molecule has 0 aliphatic carbocycles. The van der Waals surface area contributed by atoms with Gasteiger partial charge in [-0.1, -0.05) is 56.7 Å². The van der Waals surface area contributed by atoms with Crippen LogP contribution in [0.15, 0.2) is 48.5 Å². The first-order valence-electron chi connectivity index (χ1n) is 12.2. The second-order valence-corrected chi connectivity index (χ2v) is 9.16. The van der Waals surface area contributed by atoms with E-state index in [9.17, 15) is 29.1 Å². The fourth-order valence-electron chi connectivity index (χ4n) is 4.28. The summed E-state index contributed by atoms with van der Waals surface area (Å²) in [6.07, 6.45) is 0.835. The van der Waals surface area contributed by atoms with Crippen molar-refractivity contribution in [3.05, 3.63) is 59.7 Å². The Morgan fingerprint density at radius 3 is 2.41 bits per heavy atom. The van der Waals surface area contributed by atoms with Gasteiger partial charge in [-0.05, 0) is 29.2 Å². The van der Waals surface area contributed by atoms with E-state index in [1.54, 1.807) is 18.2 Å². The maximum atomic E-state index is 13.2. The molecule has 2 aromatic rings. The van der Waals surface area contributed by atoms with E-state index in [2.05, 4.69) is 16.0 Å². The standard InChI is InChI=1S/C27H32N4O6/c1-4-16(2)25(30-23(33)12-18-8-6-5-7-9-18)26(35)28-15-24(34)31-21-14-20(29-17(3)32)11-10-19(21)13-22(31)27(36)37/h5-11,14,16,22,25H,4,12-13,15H2,1-3H3,(H,28,35)(H,29,32)(H,30,33)(H,36,37). The van der Waals surface area contributed by atoms with E-state index in [0.717, 1.165) is 10.5 Å². The predicted molar refractivity (Wildman–Crippen MR) is 138 cm³/mol. The number of fused-ring (bicyclic) bond motifs is 1. The fraction of sp³-hybridized carbons (Fsp3) is 0.370. The molecule has 1 aliphatic rings. The second-order valence-electron chi connectivity index (χ2n) is 9.16. The first-order chi connectivity index (χ1) is 17.6. The third-order valence-corrected chi connectivity index (χ3v) is 6.38. The Kier molecular flexibility index (Phi) is 9.00. The molecule has 10 nitrogen and oxygen atoms in total. The topological polar surface area (TPSA) is 145 Å². The van der Waals surface area contributed by atoms with Gasteiger partial charge in [0, 0.05) is 19.0 Å². The van der Waals surface area contributed by atoms with Crippen molar-refractivity contribution in [1.82, 2.24) is 10.6 Å². The molecule has 4 amide bonds. The average molecular weight is 509 g/mol. The Morgan fingerprint density at radius 2 is 1.78 bits per heavy atom. The largest absolute Gasteiger partial charge is 0.480 e. The summed E-state index contributed by atoms with van der Waals surface area (Å²) in [6.45, 7) is 4.62. The smallest absolute Gasteiger partial charge is 0.327 e. The molecule has 0 saturated carbocycles. The Morgan fingerprint density at radius 1 is 1.08 bits per heavy atom. The number of nitrogens with zero attached hydrogens (tertiary/aromatic N) is 1. The number of carboxylic acids is 1. The minimum Gasteiger partial charge on any atom is -0.480 e. The number of aliphatic carboxylic acids is 1. The van der Waals surface area contributed by atoms with Gasteiger partial charge in [0.1, 0.15) is 12.1 Å². The highest BCUT2D eigenvalue weighted by Gasteiger charge is 2.39. The summed E-state index contributed by atoms with van der Waals surface area (Å²) in [7, 11) is 0. The minimum absolute atomic E-state index is 0.107. The van der Waals surface area contributed by atoms with Crippen LogP contribution >= 0.6 is 0 Å². The van der Waals surface area contributed by atoms with E-state index < -0.39 is 36.4 Å². The van der Waals surface area contributed by atoms with Gasteiger partial charge in [-0.15, -0.1) is 0 Å². The Labute approximate surface area is 215 Å². The lowest BCUT2D eigenvalue weighted by molar-refractivity contribution is -0.139. The number of carboxylic acid groups (broad SMARTS) is 1. The minimum atomic E-state index is -1.18. The molecule has 0 fully saturated rings. The second kappa shape index (κ2) is 12.2. The van der Waals surface area contributed by atoms with Gasteiger partial charge < -0.3 is 21.1 Å². The maximum Gasteiger partial charge on any atom is 0.327 e. The van der Waals surface area contributed by atoms with E-state index in [1.807, 2.05) is 44.2 Å². The van der Waals surface area contributed by atoms with Crippen molar-refractivity contribution in [3.8, 4) is 0 Å². The first kappa shape index (κ1) is 27.4. The summed E-state index contributed by atoms with van der Waals surface area (Å²) in [6, 6.07) is 12.0. The molecule has 3 rings (SSSR count). The van der Waals surface area contributed by atoms with Crippen LogP contribution in [-0.2, 0) is 36.8 Å². The molecule has 0 bridgehead atoms. The van der Waals surface area contributed by atoms with Gasteiger partial charge in [0.15, 0.2) is 0 Å². The third kappa shape index (κ3) is 6.93. The molecule has 1 aliphatic heterocycles. The number of benzene rings is 2. The number of hydrogen-bond acceptors (Lipinski definition) is 5. The van der Waals surface area contributed by atoms with Crippen molar-refractivity contribution in [2.75, 3.05) is 16.8 Å². The monoisotopic (exact) mass is 508 g/mol. The van der Waals surface area contributed by atoms with Gasteiger partial charge in [0.25, 0.3) is 0 Å². The van der Waals surface area contributed by atoms with Crippen LogP contribution in [0.5, 0.6) is 0 Å². The molecule has 3 atom stereocenters. The Bertz CT molecular complexity index is 1180. The Hall–Kier alpha value is -4.21. The van der Waals surface area contributed by atoms with Crippen molar-refractivity contribution in [2.24, 2.45) is 5.92 Å². The van der Waals surface area contributed by atoms with Crippen LogP contribution < -0.4 is 20.9 Å². The number of nitrogens with one attached hydrogen (secondary N) is 3. The third-order valence-electron chi connectivity index (χ3n) is 6.38. The first-order valence-corrected chi connectivity index (χ1v) is 12.2. The normalized spacial score (nSPS) is 15.8. The molecule has 4 N–H and O–H groups in total. The molecule has 37 heavy (non-hydrogen) atoms. The van der Waals surface area contributed by atoms with E-state index >= 15 is 0 Å². The summed E-state index contributed by atoms with van der Waals surface area (Å²) in [4.78, 5) is 63.3. The van der Waals surface area contributed by atoms with Crippen LogP contribution in [0.2, 0.25) is 0 Å². The number of hydrogen-bond donors (Lipinski definition) is 4. The van der Waals surface area contributed by atoms with Gasteiger partial charge in [-0.25, -0.2) is 4.79 Å². The lowest BCUT2D eigenvalue weighted by atomic mass is 9.98. The van der Waals surface area contributed by atoms with Gasteiger partial charge in [0.2, 0.25) is 23.6 Å². The highest BCUT2D eigenvalue weighted by atomic mass is 16.4.